The minimum atomic E-state index is -4.58. The minimum Gasteiger partial charge on any atom is -0.468 e. The van der Waals surface area contributed by atoms with Gasteiger partial charge in [0.1, 0.15) is 18.0 Å². The van der Waals surface area contributed by atoms with E-state index in [1.54, 1.807) is 0 Å². The second kappa shape index (κ2) is 9.43. The zero-order valence-electron chi connectivity index (χ0n) is 14.8. The summed E-state index contributed by atoms with van der Waals surface area (Å²) >= 11 is 0.431. The van der Waals surface area contributed by atoms with Crippen LogP contribution < -0.4 is 0 Å². The summed E-state index contributed by atoms with van der Waals surface area (Å²) in [6, 6.07) is 0.990. The fourth-order valence-electron chi connectivity index (χ4n) is 1.78. The average Bonchev–Trinajstić information content (AvgIpc) is 3.11. The number of ether oxygens (including phenoxy) is 4. The van der Waals surface area contributed by atoms with Crippen LogP contribution in [-0.2, 0) is 38.6 Å². The van der Waals surface area contributed by atoms with E-state index in [1.165, 1.54) is 0 Å². The molecule has 0 amide bonds. The van der Waals surface area contributed by atoms with Crippen molar-refractivity contribution in [2.45, 2.75) is 4.21 Å². The van der Waals surface area contributed by atoms with Gasteiger partial charge in [0.05, 0.1) is 34.0 Å². The van der Waals surface area contributed by atoms with Gasteiger partial charge in [-0.15, -0.1) is 11.3 Å². The Labute approximate surface area is 158 Å². The predicted molar refractivity (Wildman–Crippen MR) is 89.8 cm³/mol. The highest BCUT2D eigenvalue weighted by Gasteiger charge is 2.36. The highest BCUT2D eigenvalue weighted by molar-refractivity contribution is 7.91. The van der Waals surface area contributed by atoms with Crippen LogP contribution in [0.25, 0.3) is 0 Å². The van der Waals surface area contributed by atoms with Crippen LogP contribution in [0.2, 0.25) is 0 Å². The van der Waals surface area contributed by atoms with Gasteiger partial charge < -0.3 is 18.9 Å². The van der Waals surface area contributed by atoms with Crippen molar-refractivity contribution in [3.8, 4) is 0 Å². The summed E-state index contributed by atoms with van der Waals surface area (Å²) in [6.45, 7) is -1.64. The summed E-state index contributed by atoms with van der Waals surface area (Å²) in [5.41, 5.74) is -0.442. The Hall–Kier alpha value is -2.51. The van der Waals surface area contributed by atoms with E-state index < -0.39 is 56.8 Å². The molecule has 0 aliphatic heterocycles. The highest BCUT2D eigenvalue weighted by Crippen LogP contribution is 2.31. The lowest BCUT2D eigenvalue weighted by Crippen LogP contribution is -2.40. The van der Waals surface area contributed by atoms with Crippen LogP contribution in [0.15, 0.2) is 10.3 Å². The maximum atomic E-state index is 13.0. The van der Waals surface area contributed by atoms with Gasteiger partial charge in [0.15, 0.2) is 4.21 Å². The Morgan fingerprint density at radius 2 is 1.37 bits per heavy atom. The molecule has 0 aliphatic rings. The third kappa shape index (κ3) is 5.24. The van der Waals surface area contributed by atoms with Crippen LogP contribution in [0.3, 0.4) is 0 Å². The van der Waals surface area contributed by atoms with E-state index in [1.807, 2.05) is 0 Å². The molecule has 0 saturated heterocycles. The van der Waals surface area contributed by atoms with Crippen molar-refractivity contribution in [1.29, 1.82) is 0 Å². The molecule has 0 N–H and O–H groups in total. The molecule has 1 aromatic heterocycles. The van der Waals surface area contributed by atoms with E-state index in [0.29, 0.717) is 15.6 Å². The second-order valence-electron chi connectivity index (χ2n) is 4.72. The fourth-order valence-corrected chi connectivity index (χ4v) is 4.79. The van der Waals surface area contributed by atoms with Crippen molar-refractivity contribution >= 4 is 45.2 Å². The van der Waals surface area contributed by atoms with Gasteiger partial charge in [0.2, 0.25) is 0 Å². The van der Waals surface area contributed by atoms with Crippen LogP contribution in [0.4, 0.5) is 0 Å². The molecule has 27 heavy (non-hydrogen) atoms. The molecule has 0 atom stereocenters. The molecule has 1 aromatic rings. The summed E-state index contributed by atoms with van der Waals surface area (Å²) in [6.07, 6.45) is 0. The van der Waals surface area contributed by atoms with Crippen LogP contribution >= 0.6 is 11.3 Å². The first-order chi connectivity index (χ1) is 12.6. The Morgan fingerprint density at radius 3 is 1.78 bits per heavy atom. The smallest absolute Gasteiger partial charge is 0.348 e. The molecule has 11 nitrogen and oxygen atoms in total. The first kappa shape index (κ1) is 22.5. The standard InChI is InChI=1S/C14H17NO10S2/c1-22-10(16)6-15(7-11(17)23-2)27(20,21)14-8(12(18)24-3)5-9(26-14)13(19)25-4/h5H,6-7H2,1-4H3. The zero-order valence-corrected chi connectivity index (χ0v) is 16.5. The fraction of sp³-hybridized carbons (Fsp3) is 0.429. The van der Waals surface area contributed by atoms with Gasteiger partial charge in [-0.3, -0.25) is 9.59 Å². The quantitative estimate of drug-likeness (QED) is 0.402. The van der Waals surface area contributed by atoms with Crippen LogP contribution in [0.1, 0.15) is 20.0 Å². The second-order valence-corrected chi connectivity index (χ2v) is 7.91. The van der Waals surface area contributed by atoms with Gasteiger partial charge in [0, 0.05) is 0 Å². The van der Waals surface area contributed by atoms with Crippen molar-refractivity contribution in [3.63, 3.8) is 0 Å². The summed E-state index contributed by atoms with van der Waals surface area (Å²) < 4.78 is 43.7. The summed E-state index contributed by atoms with van der Waals surface area (Å²) in [5, 5.41) is 0. The van der Waals surface area contributed by atoms with E-state index in [4.69, 9.17) is 0 Å². The zero-order chi connectivity index (χ0) is 20.8. The number of sulfonamides is 1. The molecule has 0 bridgehead atoms. The number of rotatable bonds is 8. The molecule has 150 valence electrons. The topological polar surface area (TPSA) is 143 Å². The maximum absolute atomic E-state index is 13.0. The minimum absolute atomic E-state index is 0.187. The number of carbonyl (C=O) groups excluding carboxylic acids is 4. The van der Waals surface area contributed by atoms with Crippen LogP contribution in [-0.4, -0.2) is 78.1 Å². The van der Waals surface area contributed by atoms with E-state index in [-0.39, 0.29) is 4.88 Å². The van der Waals surface area contributed by atoms with E-state index >= 15 is 0 Å². The summed E-state index contributed by atoms with van der Waals surface area (Å²) in [5.74, 6) is -3.81. The SMILES string of the molecule is COC(=O)CN(CC(=O)OC)S(=O)(=O)c1sc(C(=O)OC)cc1C(=O)OC. The number of methoxy groups -OCH3 is 4. The average molecular weight is 423 g/mol. The summed E-state index contributed by atoms with van der Waals surface area (Å²) in [7, 11) is -0.409. The number of carbonyl (C=O) groups is 4. The van der Waals surface area contributed by atoms with Crippen molar-refractivity contribution in [2.24, 2.45) is 0 Å². The molecule has 1 rings (SSSR count). The monoisotopic (exact) mass is 423 g/mol. The number of thiophene rings is 1. The lowest BCUT2D eigenvalue weighted by atomic mass is 10.3. The lowest BCUT2D eigenvalue weighted by Gasteiger charge is -2.19. The molecule has 13 heteroatoms. The summed E-state index contributed by atoms with van der Waals surface area (Å²) in [4.78, 5) is 46.6. The Bertz CT molecular complexity index is 824. The Morgan fingerprint density at radius 1 is 0.889 bits per heavy atom. The molecule has 0 fully saturated rings. The molecule has 1 heterocycles. The molecule has 0 spiro atoms. The highest BCUT2D eigenvalue weighted by atomic mass is 32.2. The third-order valence-corrected chi connectivity index (χ3v) is 6.55. The number of nitrogens with zero attached hydrogens (tertiary/aromatic N) is 1. The molecule has 0 radical (unpaired) electrons. The van der Waals surface area contributed by atoms with Crippen molar-refractivity contribution < 1.29 is 46.5 Å². The van der Waals surface area contributed by atoms with Gasteiger partial charge in [-0.2, -0.15) is 4.31 Å². The van der Waals surface area contributed by atoms with Crippen LogP contribution in [0.5, 0.6) is 0 Å². The van der Waals surface area contributed by atoms with Gasteiger partial charge in [0.25, 0.3) is 10.0 Å². The maximum Gasteiger partial charge on any atom is 0.348 e. The van der Waals surface area contributed by atoms with E-state index in [0.717, 1.165) is 34.5 Å². The van der Waals surface area contributed by atoms with Crippen molar-refractivity contribution in [3.05, 3.63) is 16.5 Å². The Kier molecular flexibility index (Phi) is 7.87. The molecular weight excluding hydrogens is 406 g/mol. The number of hydrogen-bond donors (Lipinski definition) is 0. The van der Waals surface area contributed by atoms with E-state index in [2.05, 4.69) is 18.9 Å². The molecule has 0 saturated carbocycles. The van der Waals surface area contributed by atoms with Crippen LogP contribution in [0, 0.1) is 0 Å². The molecular formula is C14H17NO10S2. The molecule has 0 aromatic carbocycles. The number of hydrogen-bond acceptors (Lipinski definition) is 11. The third-order valence-electron chi connectivity index (χ3n) is 3.13. The molecule has 0 aliphatic carbocycles. The normalized spacial score (nSPS) is 11.0. The molecule has 0 unspecified atom stereocenters. The first-order valence-electron chi connectivity index (χ1n) is 7.06. The number of esters is 4. The Balaban J connectivity index is 3.52. The van der Waals surface area contributed by atoms with Gasteiger partial charge >= 0.3 is 23.9 Å². The predicted octanol–water partition coefficient (Wildman–Crippen LogP) is -0.342. The van der Waals surface area contributed by atoms with Crippen molar-refractivity contribution in [2.75, 3.05) is 41.5 Å². The van der Waals surface area contributed by atoms with Gasteiger partial charge in [-0.25, -0.2) is 18.0 Å². The van der Waals surface area contributed by atoms with Gasteiger partial charge in [-0.1, -0.05) is 0 Å². The van der Waals surface area contributed by atoms with Gasteiger partial charge in [-0.05, 0) is 6.07 Å². The lowest BCUT2D eigenvalue weighted by molar-refractivity contribution is -0.143. The van der Waals surface area contributed by atoms with Crippen molar-refractivity contribution in [1.82, 2.24) is 4.31 Å². The largest absolute Gasteiger partial charge is 0.468 e. The first-order valence-corrected chi connectivity index (χ1v) is 9.32. The van der Waals surface area contributed by atoms with E-state index in [9.17, 15) is 27.6 Å².